The maximum absolute atomic E-state index is 13.5. The molecule has 184 valence electrons. The summed E-state index contributed by atoms with van der Waals surface area (Å²) >= 11 is 7.83. The minimum atomic E-state index is -0.271. The van der Waals surface area contributed by atoms with Crippen LogP contribution in [0.3, 0.4) is 0 Å². The van der Waals surface area contributed by atoms with E-state index in [0.29, 0.717) is 19.0 Å². The number of benzene rings is 1. The van der Waals surface area contributed by atoms with Crippen molar-refractivity contribution in [2.24, 2.45) is 16.9 Å². The van der Waals surface area contributed by atoms with E-state index in [1.54, 1.807) is 11.8 Å². The van der Waals surface area contributed by atoms with Gasteiger partial charge in [-0.2, -0.15) is 5.10 Å². The molecule has 1 aromatic rings. The van der Waals surface area contributed by atoms with Crippen molar-refractivity contribution in [3.05, 3.63) is 34.9 Å². The van der Waals surface area contributed by atoms with Crippen LogP contribution in [0.4, 0.5) is 0 Å². The summed E-state index contributed by atoms with van der Waals surface area (Å²) in [6, 6.07) is 8.19. The maximum atomic E-state index is 13.5. The number of carbonyl (C=O) groups excluding carboxylic acids is 2. The molecule has 5 rings (SSSR count). The fraction of sp³-hybridized carbons (Fsp3) is 0.640. The van der Waals surface area contributed by atoms with Gasteiger partial charge in [-0.1, -0.05) is 55.3 Å². The monoisotopic (exact) mass is 503 g/mol. The molecule has 34 heavy (non-hydrogen) atoms. The fourth-order valence-electron chi connectivity index (χ4n) is 5.94. The van der Waals surface area contributed by atoms with Crippen LogP contribution in [-0.2, 0) is 15.3 Å². The lowest BCUT2D eigenvalue weighted by molar-refractivity contribution is -0.157. The Morgan fingerprint density at radius 1 is 1.26 bits per heavy atom. The predicted molar refractivity (Wildman–Crippen MR) is 136 cm³/mol. The Morgan fingerprint density at radius 2 is 2.09 bits per heavy atom. The van der Waals surface area contributed by atoms with Crippen LogP contribution in [0, 0.1) is 11.8 Å². The molecule has 1 saturated heterocycles. The van der Waals surface area contributed by atoms with Crippen molar-refractivity contribution < 1.29 is 9.59 Å². The van der Waals surface area contributed by atoms with Crippen molar-refractivity contribution in [3.8, 4) is 0 Å². The number of amidine groups is 1. The Hall–Kier alpha value is -1.93. The van der Waals surface area contributed by atoms with Crippen LogP contribution in [0.1, 0.15) is 63.9 Å². The molecule has 7 nitrogen and oxygen atoms in total. The SMILES string of the molecule is CCCN1C(=O)C2CCC(C(=O)NC3CCCC3)CC2N2C(SCc3cccc(Cl)c3)=NNC12. The van der Waals surface area contributed by atoms with Crippen LogP contribution < -0.4 is 10.7 Å². The lowest BCUT2D eigenvalue weighted by Gasteiger charge is -2.51. The third kappa shape index (κ3) is 4.76. The third-order valence-electron chi connectivity index (χ3n) is 7.62. The number of hydrazone groups is 1. The third-order valence-corrected chi connectivity index (χ3v) is 8.90. The molecule has 0 bridgehead atoms. The predicted octanol–water partition coefficient (Wildman–Crippen LogP) is 4.13. The Labute approximate surface area is 211 Å². The first-order valence-corrected chi connectivity index (χ1v) is 14.0. The van der Waals surface area contributed by atoms with Crippen molar-refractivity contribution in [2.45, 2.75) is 82.4 Å². The molecule has 4 atom stereocenters. The standard InChI is InChI=1S/C25H34ClN5O2S/c1-2-12-30-23(33)20-11-10-17(22(32)27-19-8-3-4-9-19)14-21(20)31-24(30)28-29-25(31)34-15-16-6-5-7-18(26)13-16/h5-7,13,17,19-21,24,28H,2-4,8-12,14-15H2,1H3,(H,27,32). The fourth-order valence-corrected chi connectivity index (χ4v) is 7.13. The molecule has 2 N–H and O–H groups in total. The highest BCUT2D eigenvalue weighted by molar-refractivity contribution is 8.13. The Morgan fingerprint density at radius 3 is 2.85 bits per heavy atom. The van der Waals surface area contributed by atoms with E-state index in [1.807, 2.05) is 23.1 Å². The zero-order chi connectivity index (χ0) is 23.7. The maximum Gasteiger partial charge on any atom is 0.230 e. The lowest BCUT2D eigenvalue weighted by atomic mass is 9.75. The molecule has 1 aromatic carbocycles. The summed E-state index contributed by atoms with van der Waals surface area (Å²) in [5.74, 6) is 0.978. The molecule has 0 radical (unpaired) electrons. The first-order chi connectivity index (χ1) is 16.5. The van der Waals surface area contributed by atoms with Crippen LogP contribution in [0.2, 0.25) is 5.02 Å². The molecule has 2 saturated carbocycles. The van der Waals surface area contributed by atoms with Gasteiger partial charge in [0.25, 0.3) is 0 Å². The van der Waals surface area contributed by atoms with Gasteiger partial charge in [0.15, 0.2) is 11.5 Å². The summed E-state index contributed by atoms with van der Waals surface area (Å²) in [4.78, 5) is 30.8. The van der Waals surface area contributed by atoms with Gasteiger partial charge in [0, 0.05) is 35.3 Å². The second kappa shape index (κ2) is 10.4. The first-order valence-electron chi connectivity index (χ1n) is 12.6. The smallest absolute Gasteiger partial charge is 0.230 e. The van der Waals surface area contributed by atoms with E-state index in [9.17, 15) is 9.59 Å². The number of carbonyl (C=O) groups is 2. The van der Waals surface area contributed by atoms with Crippen LogP contribution in [0.5, 0.6) is 0 Å². The van der Waals surface area contributed by atoms with E-state index in [1.165, 1.54) is 12.8 Å². The van der Waals surface area contributed by atoms with Crippen LogP contribution >= 0.6 is 23.4 Å². The topological polar surface area (TPSA) is 77.0 Å². The van der Waals surface area contributed by atoms with Crippen molar-refractivity contribution >= 4 is 40.3 Å². The minimum absolute atomic E-state index is 0.0145. The average molecular weight is 504 g/mol. The minimum Gasteiger partial charge on any atom is -0.353 e. The molecule has 2 heterocycles. The molecular formula is C25H34ClN5O2S. The van der Waals surface area contributed by atoms with E-state index in [-0.39, 0.29) is 36.0 Å². The zero-order valence-corrected chi connectivity index (χ0v) is 21.3. The van der Waals surface area contributed by atoms with E-state index in [0.717, 1.165) is 53.6 Å². The Bertz CT molecular complexity index is 953. The highest BCUT2D eigenvalue weighted by atomic mass is 35.5. The Kier molecular flexibility index (Phi) is 7.25. The van der Waals surface area contributed by atoms with Gasteiger partial charge in [-0.15, -0.1) is 0 Å². The molecule has 9 heteroatoms. The number of thioether (sulfide) groups is 1. The molecule has 2 amide bonds. The molecule has 4 aliphatic rings. The number of nitrogens with zero attached hydrogens (tertiary/aromatic N) is 3. The van der Waals surface area contributed by atoms with Gasteiger partial charge >= 0.3 is 0 Å². The first kappa shape index (κ1) is 23.8. The highest BCUT2D eigenvalue weighted by Crippen LogP contribution is 2.41. The quantitative estimate of drug-likeness (QED) is 0.610. The summed E-state index contributed by atoms with van der Waals surface area (Å²) < 4.78 is 0. The molecule has 0 aromatic heterocycles. The number of halogens is 1. The molecule has 2 aliphatic carbocycles. The van der Waals surface area contributed by atoms with Crippen molar-refractivity contribution in [1.82, 2.24) is 20.5 Å². The number of fused-ring (bicyclic) bond motifs is 3. The number of amides is 2. The summed E-state index contributed by atoms with van der Waals surface area (Å²) in [5.41, 5.74) is 4.36. The van der Waals surface area contributed by atoms with Crippen molar-refractivity contribution in [3.63, 3.8) is 0 Å². The van der Waals surface area contributed by atoms with Crippen molar-refractivity contribution in [2.75, 3.05) is 6.54 Å². The second-order valence-electron chi connectivity index (χ2n) is 9.93. The summed E-state index contributed by atoms with van der Waals surface area (Å²) in [7, 11) is 0. The highest BCUT2D eigenvalue weighted by Gasteiger charge is 2.52. The van der Waals surface area contributed by atoms with Gasteiger partial charge < -0.3 is 15.1 Å². The van der Waals surface area contributed by atoms with Crippen LogP contribution in [0.15, 0.2) is 29.4 Å². The van der Waals surface area contributed by atoms with Gasteiger partial charge in [-0.3, -0.25) is 15.0 Å². The van der Waals surface area contributed by atoms with E-state index < -0.39 is 0 Å². The second-order valence-corrected chi connectivity index (χ2v) is 11.3. The largest absolute Gasteiger partial charge is 0.353 e. The van der Waals surface area contributed by atoms with Gasteiger partial charge in [-0.25, -0.2) is 0 Å². The van der Waals surface area contributed by atoms with Gasteiger partial charge in [0.2, 0.25) is 11.8 Å². The zero-order valence-electron chi connectivity index (χ0n) is 19.7. The normalized spacial score (nSPS) is 28.9. The molecular weight excluding hydrogens is 470 g/mol. The molecule has 3 fully saturated rings. The van der Waals surface area contributed by atoms with E-state index >= 15 is 0 Å². The lowest BCUT2D eigenvalue weighted by Crippen LogP contribution is -2.68. The van der Waals surface area contributed by atoms with Gasteiger partial charge in [0.05, 0.1) is 5.92 Å². The summed E-state index contributed by atoms with van der Waals surface area (Å²) in [5, 5.41) is 9.57. The van der Waals surface area contributed by atoms with Crippen molar-refractivity contribution in [1.29, 1.82) is 0 Å². The molecule has 0 spiro atoms. The van der Waals surface area contributed by atoms with Gasteiger partial charge in [0.1, 0.15) is 0 Å². The molecule has 4 unspecified atom stereocenters. The number of rotatable bonds is 6. The van der Waals surface area contributed by atoms with E-state index in [2.05, 4.69) is 33.7 Å². The summed E-state index contributed by atoms with van der Waals surface area (Å²) in [6.45, 7) is 2.79. The Balaban J connectivity index is 1.33. The van der Waals surface area contributed by atoms with Gasteiger partial charge in [-0.05, 0) is 56.2 Å². The number of hydrogen-bond acceptors (Lipinski definition) is 6. The molecule has 2 aliphatic heterocycles. The average Bonchev–Trinajstić information content (AvgIpc) is 3.50. The summed E-state index contributed by atoms with van der Waals surface area (Å²) in [6.07, 6.45) is 7.43. The van der Waals surface area contributed by atoms with Crippen LogP contribution in [0.25, 0.3) is 0 Å². The number of hydrogen-bond donors (Lipinski definition) is 2. The van der Waals surface area contributed by atoms with E-state index in [4.69, 9.17) is 11.6 Å². The van der Waals surface area contributed by atoms with Crippen LogP contribution in [-0.4, -0.2) is 51.7 Å². The number of nitrogens with one attached hydrogen (secondary N) is 2.